The summed E-state index contributed by atoms with van der Waals surface area (Å²) in [6, 6.07) is 25.6. The van der Waals surface area contributed by atoms with E-state index in [1.807, 2.05) is 36.4 Å². The fourth-order valence-electron chi connectivity index (χ4n) is 5.34. The highest BCUT2D eigenvalue weighted by Crippen LogP contribution is 2.46. The van der Waals surface area contributed by atoms with Gasteiger partial charge in [0, 0.05) is 0 Å². The number of aliphatic hydroxyl groups is 1. The molecule has 0 aliphatic carbocycles. The summed E-state index contributed by atoms with van der Waals surface area (Å²) < 4.78 is 31.9. The third kappa shape index (κ3) is 15.0. The first kappa shape index (κ1) is 39.4. The lowest BCUT2D eigenvalue weighted by molar-refractivity contribution is -0.145. The van der Waals surface area contributed by atoms with E-state index in [1.54, 1.807) is 24.3 Å². The lowest BCUT2D eigenvalue weighted by Crippen LogP contribution is -2.49. The number of para-hydroxylation sites is 1. The van der Waals surface area contributed by atoms with Crippen LogP contribution in [0.15, 0.2) is 84.9 Å². The number of carbonyl (C=O) groups is 1. The molecule has 0 aliphatic rings. The molecule has 0 spiro atoms. The molecule has 0 heterocycles. The van der Waals surface area contributed by atoms with Crippen molar-refractivity contribution in [1.29, 1.82) is 0 Å². The van der Waals surface area contributed by atoms with Gasteiger partial charge in [0.1, 0.15) is 11.8 Å². The highest BCUT2D eigenvalue weighted by Gasteiger charge is 2.37. The highest BCUT2D eigenvalue weighted by molar-refractivity contribution is 7.52. The Bertz CT molecular complexity index is 1340. The first-order chi connectivity index (χ1) is 23.3. The van der Waals surface area contributed by atoms with E-state index in [9.17, 15) is 14.5 Å². The van der Waals surface area contributed by atoms with Crippen molar-refractivity contribution in [2.75, 3.05) is 19.8 Å². The maximum atomic E-state index is 14.4. The number of hydrogen-bond acceptors (Lipinski definition) is 7. The summed E-state index contributed by atoms with van der Waals surface area (Å²) in [6.45, 7) is 3.93. The molecule has 0 aromatic heterocycles. The molecule has 0 aliphatic heterocycles. The van der Waals surface area contributed by atoms with Crippen molar-refractivity contribution < 1.29 is 28.3 Å². The molecule has 0 radical (unpaired) electrons. The molecule has 0 bridgehead atoms. The van der Waals surface area contributed by atoms with Gasteiger partial charge in [-0.1, -0.05) is 132 Å². The summed E-state index contributed by atoms with van der Waals surface area (Å²) in [7, 11) is -4.21. The predicted octanol–water partition coefficient (Wildman–Crippen LogP) is 8.35. The number of aryl methyl sites for hydroxylation is 2. The summed E-state index contributed by atoms with van der Waals surface area (Å²) in [5.41, 5.74) is 8.69. The van der Waals surface area contributed by atoms with E-state index in [1.165, 1.54) is 44.1 Å². The number of nitrogens with one attached hydrogen (secondary N) is 1. The third-order valence-electron chi connectivity index (χ3n) is 8.43. The van der Waals surface area contributed by atoms with E-state index in [0.29, 0.717) is 18.6 Å². The van der Waals surface area contributed by atoms with Gasteiger partial charge in [0.05, 0.1) is 25.4 Å². The van der Waals surface area contributed by atoms with Crippen LogP contribution in [0.25, 0.3) is 0 Å². The van der Waals surface area contributed by atoms with E-state index in [4.69, 9.17) is 19.5 Å². The minimum absolute atomic E-state index is 0.210. The normalized spacial score (nSPS) is 14.5. The van der Waals surface area contributed by atoms with Gasteiger partial charge in [-0.05, 0) is 67.3 Å². The van der Waals surface area contributed by atoms with Gasteiger partial charge in [-0.2, -0.15) is 5.09 Å². The lowest BCUT2D eigenvalue weighted by atomic mass is 9.93. The van der Waals surface area contributed by atoms with Gasteiger partial charge in [0.25, 0.3) is 0 Å². The first-order valence-electron chi connectivity index (χ1n) is 17.7. The Morgan fingerprint density at radius 3 is 2.02 bits per heavy atom. The van der Waals surface area contributed by atoms with Gasteiger partial charge < -0.3 is 20.1 Å². The van der Waals surface area contributed by atoms with E-state index in [0.717, 1.165) is 36.8 Å². The van der Waals surface area contributed by atoms with Crippen molar-refractivity contribution in [3.8, 4) is 5.75 Å². The smallest absolute Gasteiger partial charge is 0.459 e. The summed E-state index contributed by atoms with van der Waals surface area (Å²) >= 11 is 0. The van der Waals surface area contributed by atoms with Crippen LogP contribution in [0.3, 0.4) is 0 Å². The Morgan fingerprint density at radius 2 is 1.38 bits per heavy atom. The van der Waals surface area contributed by atoms with Crippen LogP contribution >= 0.6 is 7.75 Å². The van der Waals surface area contributed by atoms with Crippen molar-refractivity contribution in [1.82, 2.24) is 5.09 Å². The molecule has 9 heteroatoms. The number of ether oxygens (including phenoxy) is 1. The zero-order valence-electron chi connectivity index (χ0n) is 29.0. The number of unbranched alkanes of at least 4 members (excludes halogenated alkanes) is 7. The van der Waals surface area contributed by atoms with Crippen molar-refractivity contribution in [3.63, 3.8) is 0 Å². The molecule has 3 atom stereocenters. The summed E-state index contributed by atoms with van der Waals surface area (Å²) in [5.74, 6) is -0.243. The zero-order valence-corrected chi connectivity index (χ0v) is 29.9. The summed E-state index contributed by atoms with van der Waals surface area (Å²) in [5, 5.41) is 13.2. The second-order valence-corrected chi connectivity index (χ2v) is 14.5. The average Bonchev–Trinajstić information content (AvgIpc) is 3.11. The van der Waals surface area contributed by atoms with Gasteiger partial charge in [0.15, 0.2) is 0 Å². The van der Waals surface area contributed by atoms with Crippen LogP contribution in [0.5, 0.6) is 5.75 Å². The molecule has 0 fully saturated rings. The van der Waals surface area contributed by atoms with Gasteiger partial charge in [-0.3, -0.25) is 9.32 Å². The second-order valence-electron chi connectivity index (χ2n) is 12.8. The Kier molecular flexibility index (Phi) is 18.0. The number of nitrogens with two attached hydrogens (primary N) is 1. The molecule has 3 aromatic carbocycles. The highest BCUT2D eigenvalue weighted by atomic mass is 31.2. The molecule has 3 rings (SSSR count). The Hall–Kier alpha value is -3.00. The van der Waals surface area contributed by atoms with Crippen LogP contribution in [0.4, 0.5) is 0 Å². The van der Waals surface area contributed by atoms with Gasteiger partial charge in [-0.25, -0.2) is 4.57 Å². The quantitative estimate of drug-likeness (QED) is 0.0464. The van der Waals surface area contributed by atoms with E-state index < -0.39 is 25.3 Å². The minimum atomic E-state index is -4.21. The van der Waals surface area contributed by atoms with E-state index >= 15 is 0 Å². The standard InChI is InChI=1S/C39H57N2O6P/c1-3-5-7-8-9-12-18-33-23-25-34(26-24-33)27-28-39(40,31-42)32-46-48(44,47-36-21-15-11-16-22-36)41-37(30-35-19-13-10-14-20-35)38(43)45-29-17-6-4-2/h10-11,13-16,19-26,37,42H,3-9,12,17-18,27-32,40H2,1-2H3,(H,41,44). The van der Waals surface area contributed by atoms with Gasteiger partial charge >= 0.3 is 13.7 Å². The molecule has 3 unspecified atom stereocenters. The fourth-order valence-corrected chi connectivity index (χ4v) is 6.93. The van der Waals surface area contributed by atoms with Gasteiger partial charge in [0.2, 0.25) is 0 Å². The Labute approximate surface area is 288 Å². The number of rotatable bonds is 25. The molecular formula is C39H57N2O6P. The van der Waals surface area contributed by atoms with Crippen LogP contribution < -0.4 is 15.3 Å². The molecular weight excluding hydrogens is 623 g/mol. The van der Waals surface area contributed by atoms with Crippen molar-refractivity contribution in [2.45, 2.75) is 109 Å². The molecule has 4 N–H and O–H groups in total. The Morgan fingerprint density at radius 1 is 0.792 bits per heavy atom. The minimum Gasteiger partial charge on any atom is -0.465 e. The molecule has 8 nitrogen and oxygen atoms in total. The molecule has 3 aromatic rings. The van der Waals surface area contributed by atoms with E-state index in [2.05, 4.69) is 43.2 Å². The lowest BCUT2D eigenvalue weighted by Gasteiger charge is -2.30. The van der Waals surface area contributed by atoms with Crippen LogP contribution in [0.2, 0.25) is 0 Å². The SMILES string of the molecule is CCCCCCCCc1ccc(CCC(N)(CO)COP(=O)(NC(Cc2ccccc2)C(=O)OCCCCC)Oc2ccccc2)cc1. The molecule has 0 amide bonds. The monoisotopic (exact) mass is 680 g/mol. The van der Waals surface area contributed by atoms with Crippen LogP contribution in [0, 0.1) is 0 Å². The molecule has 264 valence electrons. The Balaban J connectivity index is 1.68. The summed E-state index contributed by atoms with van der Waals surface area (Å²) in [4.78, 5) is 13.3. The number of esters is 1. The zero-order chi connectivity index (χ0) is 34.5. The van der Waals surface area contributed by atoms with Crippen LogP contribution in [-0.2, 0) is 37.9 Å². The largest absolute Gasteiger partial charge is 0.465 e. The number of aliphatic hydroxyl groups excluding tert-OH is 1. The maximum Gasteiger partial charge on any atom is 0.459 e. The third-order valence-corrected chi connectivity index (χ3v) is 9.98. The van der Waals surface area contributed by atoms with Crippen molar-refractivity contribution in [2.24, 2.45) is 5.73 Å². The van der Waals surface area contributed by atoms with Gasteiger partial charge in [-0.15, -0.1) is 0 Å². The molecule has 0 saturated heterocycles. The number of hydrogen-bond donors (Lipinski definition) is 3. The van der Waals surface area contributed by atoms with Crippen molar-refractivity contribution >= 4 is 13.7 Å². The number of carbonyl (C=O) groups excluding carboxylic acids is 1. The van der Waals surface area contributed by atoms with Crippen molar-refractivity contribution in [3.05, 3.63) is 102 Å². The maximum absolute atomic E-state index is 14.4. The second kappa shape index (κ2) is 21.9. The first-order valence-corrected chi connectivity index (χ1v) is 19.3. The van der Waals surface area contributed by atoms with E-state index in [-0.39, 0.29) is 26.2 Å². The average molecular weight is 681 g/mol. The van der Waals surface area contributed by atoms with Crippen LogP contribution in [-0.4, -0.2) is 42.5 Å². The molecule has 0 saturated carbocycles. The predicted molar refractivity (Wildman–Crippen MR) is 194 cm³/mol. The van der Waals surface area contributed by atoms with Crippen LogP contribution in [0.1, 0.15) is 94.7 Å². The summed E-state index contributed by atoms with van der Waals surface area (Å²) in [6.07, 6.45) is 12.6. The number of benzene rings is 3. The fraction of sp³-hybridized carbons (Fsp3) is 0.513. The topological polar surface area (TPSA) is 120 Å². The molecule has 48 heavy (non-hydrogen) atoms.